The summed E-state index contributed by atoms with van der Waals surface area (Å²) < 4.78 is 22.0. The van der Waals surface area contributed by atoms with Gasteiger partial charge in [0.2, 0.25) is 0 Å². The molecule has 1 atom stereocenters. The lowest BCUT2D eigenvalue weighted by Gasteiger charge is -2.31. The number of hydrogen-bond acceptors (Lipinski definition) is 8. The standard InChI is InChI=1S/C26H28N2O7/c1-32-19-4-2-3-17(15-19)23-22(24(29)18-5-6-20-21(16-18)35-14-13-34-20)25(30)26(31)28(23)8-7-27-9-11-33-12-10-27/h2-6,15-16,23,29H,7-14H2,1H3/t23-/m1/s1. The Labute approximate surface area is 203 Å². The fraction of sp³-hybridized carbons (Fsp3) is 0.385. The fourth-order valence-corrected chi connectivity index (χ4v) is 4.69. The van der Waals surface area contributed by atoms with Crippen molar-refractivity contribution >= 4 is 17.4 Å². The number of amides is 1. The predicted molar refractivity (Wildman–Crippen MR) is 127 cm³/mol. The summed E-state index contributed by atoms with van der Waals surface area (Å²) in [5, 5.41) is 11.3. The summed E-state index contributed by atoms with van der Waals surface area (Å²) in [5.74, 6) is 0.0582. The predicted octanol–water partition coefficient (Wildman–Crippen LogP) is 2.22. The third kappa shape index (κ3) is 4.56. The zero-order valence-corrected chi connectivity index (χ0v) is 19.6. The van der Waals surface area contributed by atoms with E-state index in [2.05, 4.69) is 4.90 Å². The van der Waals surface area contributed by atoms with Crippen LogP contribution in [0.1, 0.15) is 17.2 Å². The van der Waals surface area contributed by atoms with Crippen molar-refractivity contribution in [3.63, 3.8) is 0 Å². The molecular formula is C26H28N2O7. The second kappa shape index (κ2) is 9.97. The van der Waals surface area contributed by atoms with Crippen LogP contribution in [0.15, 0.2) is 48.0 Å². The molecule has 2 fully saturated rings. The van der Waals surface area contributed by atoms with Gasteiger partial charge in [-0.25, -0.2) is 0 Å². The maximum Gasteiger partial charge on any atom is 0.295 e. The van der Waals surface area contributed by atoms with Crippen LogP contribution in [-0.2, 0) is 14.3 Å². The molecule has 9 nitrogen and oxygen atoms in total. The zero-order valence-electron chi connectivity index (χ0n) is 19.6. The van der Waals surface area contributed by atoms with E-state index in [1.54, 1.807) is 43.5 Å². The van der Waals surface area contributed by atoms with Gasteiger partial charge in [0.05, 0.1) is 31.9 Å². The van der Waals surface area contributed by atoms with Gasteiger partial charge in [-0.2, -0.15) is 0 Å². The third-order valence-electron chi connectivity index (χ3n) is 6.53. The number of hydrogen-bond donors (Lipinski definition) is 1. The number of morpholine rings is 1. The molecular weight excluding hydrogens is 452 g/mol. The monoisotopic (exact) mass is 480 g/mol. The normalized spacial score (nSPS) is 21.9. The number of ether oxygens (including phenoxy) is 4. The number of nitrogens with zero attached hydrogens (tertiary/aromatic N) is 2. The first-order valence-electron chi connectivity index (χ1n) is 11.7. The molecule has 1 amide bonds. The van der Waals surface area contributed by atoms with Gasteiger partial charge in [-0.1, -0.05) is 12.1 Å². The van der Waals surface area contributed by atoms with Gasteiger partial charge in [0, 0.05) is 31.7 Å². The molecule has 2 saturated heterocycles. The van der Waals surface area contributed by atoms with Crippen molar-refractivity contribution in [2.45, 2.75) is 6.04 Å². The smallest absolute Gasteiger partial charge is 0.295 e. The number of methoxy groups -OCH3 is 1. The van der Waals surface area contributed by atoms with Crippen LogP contribution in [0.5, 0.6) is 17.2 Å². The van der Waals surface area contributed by atoms with Crippen LogP contribution in [0.4, 0.5) is 0 Å². The second-order valence-electron chi connectivity index (χ2n) is 8.58. The Morgan fingerprint density at radius 2 is 1.77 bits per heavy atom. The molecule has 3 heterocycles. The van der Waals surface area contributed by atoms with Crippen molar-refractivity contribution in [1.82, 2.24) is 9.80 Å². The first-order chi connectivity index (χ1) is 17.1. The second-order valence-corrected chi connectivity index (χ2v) is 8.58. The molecule has 3 aliphatic heterocycles. The highest BCUT2D eigenvalue weighted by Crippen LogP contribution is 2.41. The van der Waals surface area contributed by atoms with Gasteiger partial charge in [-0.3, -0.25) is 14.5 Å². The summed E-state index contributed by atoms with van der Waals surface area (Å²) in [5.41, 5.74) is 1.11. The summed E-state index contributed by atoms with van der Waals surface area (Å²) >= 11 is 0. The maximum atomic E-state index is 13.3. The summed E-state index contributed by atoms with van der Waals surface area (Å²) in [6.45, 7) is 4.60. The van der Waals surface area contributed by atoms with E-state index < -0.39 is 17.7 Å². The lowest BCUT2D eigenvalue weighted by molar-refractivity contribution is -0.140. The van der Waals surface area contributed by atoms with Crippen LogP contribution in [-0.4, -0.2) is 86.3 Å². The minimum absolute atomic E-state index is 0.0434. The van der Waals surface area contributed by atoms with E-state index in [0.29, 0.717) is 67.9 Å². The fourth-order valence-electron chi connectivity index (χ4n) is 4.69. The molecule has 0 radical (unpaired) electrons. The van der Waals surface area contributed by atoms with E-state index in [4.69, 9.17) is 18.9 Å². The molecule has 184 valence electrons. The number of carbonyl (C=O) groups is 2. The van der Waals surface area contributed by atoms with Crippen molar-refractivity contribution in [1.29, 1.82) is 0 Å². The first-order valence-corrected chi connectivity index (χ1v) is 11.7. The Morgan fingerprint density at radius 1 is 1.00 bits per heavy atom. The van der Waals surface area contributed by atoms with Crippen LogP contribution in [0.2, 0.25) is 0 Å². The van der Waals surface area contributed by atoms with Gasteiger partial charge >= 0.3 is 0 Å². The molecule has 0 bridgehead atoms. The topological polar surface area (TPSA) is 97.8 Å². The number of fused-ring (bicyclic) bond motifs is 1. The number of aliphatic hydroxyl groups is 1. The number of rotatable bonds is 6. The molecule has 0 unspecified atom stereocenters. The molecule has 2 aromatic carbocycles. The number of aliphatic hydroxyl groups excluding tert-OH is 1. The number of likely N-dealkylation sites (tertiary alicyclic amines) is 1. The van der Waals surface area contributed by atoms with Gasteiger partial charge in [-0.05, 0) is 35.9 Å². The lowest BCUT2D eigenvalue weighted by Crippen LogP contribution is -2.42. The Bertz CT molecular complexity index is 1160. The molecule has 9 heteroatoms. The highest BCUT2D eigenvalue weighted by molar-refractivity contribution is 6.46. The molecule has 0 aromatic heterocycles. The van der Waals surface area contributed by atoms with Crippen molar-refractivity contribution in [2.24, 2.45) is 0 Å². The van der Waals surface area contributed by atoms with E-state index >= 15 is 0 Å². The van der Waals surface area contributed by atoms with Crippen LogP contribution >= 0.6 is 0 Å². The quantitative estimate of drug-likeness (QED) is 0.382. The number of ketones is 1. The zero-order chi connectivity index (χ0) is 24.4. The maximum absolute atomic E-state index is 13.3. The van der Waals surface area contributed by atoms with E-state index in [1.165, 1.54) is 4.90 Å². The van der Waals surface area contributed by atoms with Crippen LogP contribution in [0.3, 0.4) is 0 Å². The summed E-state index contributed by atoms with van der Waals surface area (Å²) in [6.07, 6.45) is 0. The summed E-state index contributed by atoms with van der Waals surface area (Å²) in [6, 6.07) is 11.5. The van der Waals surface area contributed by atoms with Crippen molar-refractivity contribution in [2.75, 3.05) is 59.7 Å². The highest BCUT2D eigenvalue weighted by Gasteiger charge is 2.46. The van der Waals surface area contributed by atoms with Gasteiger partial charge in [0.25, 0.3) is 11.7 Å². The van der Waals surface area contributed by atoms with Crippen molar-refractivity contribution in [3.05, 3.63) is 59.2 Å². The van der Waals surface area contributed by atoms with E-state index in [0.717, 1.165) is 13.1 Å². The minimum Gasteiger partial charge on any atom is -0.507 e. The van der Waals surface area contributed by atoms with Crippen LogP contribution in [0.25, 0.3) is 5.76 Å². The molecule has 2 aromatic rings. The van der Waals surface area contributed by atoms with Gasteiger partial charge in [-0.15, -0.1) is 0 Å². The van der Waals surface area contributed by atoms with E-state index in [-0.39, 0.29) is 11.3 Å². The van der Waals surface area contributed by atoms with Gasteiger partial charge < -0.3 is 29.0 Å². The molecule has 5 rings (SSSR count). The Morgan fingerprint density at radius 3 is 2.54 bits per heavy atom. The average Bonchev–Trinajstić information content (AvgIpc) is 3.16. The number of carbonyl (C=O) groups excluding carboxylic acids is 2. The third-order valence-corrected chi connectivity index (χ3v) is 6.53. The summed E-state index contributed by atoms with van der Waals surface area (Å²) in [4.78, 5) is 30.2. The summed E-state index contributed by atoms with van der Waals surface area (Å²) in [7, 11) is 1.56. The molecule has 35 heavy (non-hydrogen) atoms. The molecule has 3 aliphatic rings. The number of benzene rings is 2. The van der Waals surface area contributed by atoms with Crippen LogP contribution < -0.4 is 14.2 Å². The largest absolute Gasteiger partial charge is 0.507 e. The van der Waals surface area contributed by atoms with Crippen molar-refractivity contribution < 1.29 is 33.6 Å². The lowest BCUT2D eigenvalue weighted by atomic mass is 9.95. The van der Waals surface area contributed by atoms with Gasteiger partial charge in [0.1, 0.15) is 24.7 Å². The molecule has 0 spiro atoms. The Hall–Kier alpha value is -3.56. The Kier molecular flexibility index (Phi) is 6.61. The van der Waals surface area contributed by atoms with E-state index in [1.807, 2.05) is 6.07 Å². The highest BCUT2D eigenvalue weighted by atomic mass is 16.6. The number of Topliss-reactive ketones (excluding diaryl/α,β-unsaturated/α-hetero) is 1. The molecule has 1 N–H and O–H groups in total. The van der Waals surface area contributed by atoms with Gasteiger partial charge in [0.15, 0.2) is 11.5 Å². The minimum atomic E-state index is -0.751. The molecule has 0 aliphatic carbocycles. The van der Waals surface area contributed by atoms with E-state index in [9.17, 15) is 14.7 Å². The van der Waals surface area contributed by atoms with Crippen molar-refractivity contribution in [3.8, 4) is 17.2 Å². The Balaban J connectivity index is 1.54. The van der Waals surface area contributed by atoms with Crippen LogP contribution in [0, 0.1) is 0 Å². The SMILES string of the molecule is COc1cccc([C@@H]2C(=C(O)c3ccc4c(c3)OCCO4)C(=O)C(=O)N2CCN2CCOCC2)c1. The average molecular weight is 481 g/mol. The first kappa shape index (κ1) is 23.2. The molecule has 0 saturated carbocycles.